The molecule has 2 heterocycles. The first kappa shape index (κ1) is 24.4. The highest BCUT2D eigenvalue weighted by molar-refractivity contribution is 7.20. The Kier molecular flexibility index (Phi) is 5.60. The number of rotatable bonds is 6. The van der Waals surface area contributed by atoms with Gasteiger partial charge in [-0.1, -0.05) is 109 Å². The predicted molar refractivity (Wildman–Crippen MR) is 184 cm³/mol. The third-order valence-corrected chi connectivity index (χ3v) is 11.4. The second kappa shape index (κ2) is 9.66. The number of fused-ring (bicyclic) bond motifs is 10. The van der Waals surface area contributed by atoms with Gasteiger partial charge in [-0.15, -0.1) is 22.7 Å². The van der Waals surface area contributed by atoms with E-state index < -0.39 is 0 Å². The minimum Gasteiger partial charge on any atom is -0.140 e. The molecule has 0 amide bonds. The molecule has 200 valence electrons. The van der Waals surface area contributed by atoms with Crippen LogP contribution >= 0.6 is 22.7 Å². The van der Waals surface area contributed by atoms with Gasteiger partial charge in [0.05, 0.1) is 0 Å². The van der Waals surface area contributed by atoms with Gasteiger partial charge in [0.2, 0.25) is 0 Å². The maximum atomic E-state index is 2.42. The normalized spacial score (nSPS) is 12.2. The maximum Gasteiger partial charge on any atom is 0.0430 e. The molecular weight excluding hydrogens is 545 g/mol. The Morgan fingerprint density at radius 1 is 0.357 bits per heavy atom. The molecule has 0 nitrogen and oxygen atoms in total. The zero-order chi connectivity index (χ0) is 27.6. The van der Waals surface area contributed by atoms with Crippen molar-refractivity contribution in [3.05, 3.63) is 142 Å². The smallest absolute Gasteiger partial charge is 0.0430 e. The SMILES string of the molecule is c1ccc2cc(CCc3cc4ccc5c(c4s3)-c3ccc4cc(CCc6ccc7ccccc7c6)sc4c3-5)ccc2c1. The van der Waals surface area contributed by atoms with E-state index in [4.69, 9.17) is 0 Å². The van der Waals surface area contributed by atoms with E-state index in [0.29, 0.717) is 0 Å². The molecule has 8 aromatic rings. The van der Waals surface area contributed by atoms with E-state index in [2.05, 4.69) is 121 Å². The Hall–Kier alpha value is -4.24. The van der Waals surface area contributed by atoms with Crippen molar-refractivity contribution in [1.82, 2.24) is 0 Å². The van der Waals surface area contributed by atoms with E-state index in [0.717, 1.165) is 25.7 Å². The molecule has 1 aliphatic carbocycles. The predicted octanol–water partition coefficient (Wildman–Crippen LogP) is 11.6. The van der Waals surface area contributed by atoms with Crippen LogP contribution in [0.4, 0.5) is 0 Å². The molecule has 0 bridgehead atoms. The summed E-state index contributed by atoms with van der Waals surface area (Å²) in [5, 5.41) is 8.08. The number of hydrogen-bond donors (Lipinski definition) is 0. The lowest BCUT2D eigenvalue weighted by atomic mass is 9.79. The fraction of sp³-hybridized carbons (Fsp3) is 0.100. The molecule has 42 heavy (non-hydrogen) atoms. The quantitative estimate of drug-likeness (QED) is 0.186. The molecule has 0 N–H and O–H groups in total. The molecule has 2 heteroatoms. The van der Waals surface area contributed by atoms with Crippen LogP contribution in [-0.4, -0.2) is 0 Å². The molecule has 0 spiro atoms. The lowest BCUT2D eigenvalue weighted by Gasteiger charge is -2.25. The first-order chi connectivity index (χ1) is 20.8. The molecule has 0 atom stereocenters. The van der Waals surface area contributed by atoms with E-state index in [9.17, 15) is 0 Å². The van der Waals surface area contributed by atoms with Gasteiger partial charge in [-0.05, 0) is 92.4 Å². The molecule has 6 aromatic carbocycles. The lowest BCUT2D eigenvalue weighted by molar-refractivity contribution is 0.984. The van der Waals surface area contributed by atoms with Crippen molar-refractivity contribution in [3.63, 3.8) is 0 Å². The van der Waals surface area contributed by atoms with Gasteiger partial charge < -0.3 is 0 Å². The molecule has 1 aliphatic rings. The molecular formula is C40H28S2. The standard InChI is InChI=1S/C40H28S2/c1-3-7-29-21-25(9-13-27(29)5-1)11-17-33-23-31-15-19-35-37(39(31)41-33)36-20-16-32-24-34(42-40(32)38(35)36)18-12-26-10-14-28-6-2-4-8-30(28)22-26/h1-10,13-16,19-24H,11-12,17-18H2. The summed E-state index contributed by atoms with van der Waals surface area (Å²) in [5.41, 5.74) is 8.65. The van der Waals surface area contributed by atoms with Gasteiger partial charge in [-0.2, -0.15) is 0 Å². The van der Waals surface area contributed by atoms with Gasteiger partial charge in [-0.25, -0.2) is 0 Å². The Balaban J connectivity index is 0.974. The molecule has 0 radical (unpaired) electrons. The largest absolute Gasteiger partial charge is 0.140 e. The third kappa shape index (κ3) is 4.01. The monoisotopic (exact) mass is 572 g/mol. The van der Waals surface area contributed by atoms with Crippen LogP contribution in [0.3, 0.4) is 0 Å². The topological polar surface area (TPSA) is 0 Å². The fourth-order valence-electron chi connectivity index (χ4n) is 6.77. The summed E-state index contributed by atoms with van der Waals surface area (Å²) in [5.74, 6) is 0. The van der Waals surface area contributed by atoms with Crippen molar-refractivity contribution in [1.29, 1.82) is 0 Å². The van der Waals surface area contributed by atoms with Crippen molar-refractivity contribution < 1.29 is 0 Å². The van der Waals surface area contributed by atoms with Crippen LogP contribution in [0.5, 0.6) is 0 Å². The van der Waals surface area contributed by atoms with Gasteiger partial charge in [-0.3, -0.25) is 0 Å². The lowest BCUT2D eigenvalue weighted by Crippen LogP contribution is -1.98. The maximum absolute atomic E-state index is 2.42. The Morgan fingerprint density at radius 2 is 0.786 bits per heavy atom. The van der Waals surface area contributed by atoms with Gasteiger partial charge in [0, 0.05) is 30.3 Å². The van der Waals surface area contributed by atoms with Crippen LogP contribution in [0.15, 0.2) is 121 Å². The molecule has 9 rings (SSSR count). The summed E-state index contributed by atoms with van der Waals surface area (Å²) >= 11 is 3.99. The molecule has 0 unspecified atom stereocenters. The van der Waals surface area contributed by atoms with Gasteiger partial charge >= 0.3 is 0 Å². The van der Waals surface area contributed by atoms with E-state index >= 15 is 0 Å². The Labute approximate surface area is 253 Å². The van der Waals surface area contributed by atoms with Gasteiger partial charge in [0.1, 0.15) is 0 Å². The summed E-state index contributed by atoms with van der Waals surface area (Å²) in [6.07, 6.45) is 4.33. The Bertz CT molecular complexity index is 2130. The van der Waals surface area contributed by atoms with Crippen LogP contribution in [0.1, 0.15) is 20.9 Å². The van der Waals surface area contributed by atoms with Gasteiger partial charge in [0.15, 0.2) is 0 Å². The van der Waals surface area contributed by atoms with E-state index in [-0.39, 0.29) is 0 Å². The zero-order valence-corrected chi connectivity index (χ0v) is 24.8. The summed E-state index contributed by atoms with van der Waals surface area (Å²) in [7, 11) is 0. The van der Waals surface area contributed by atoms with Crippen molar-refractivity contribution in [2.75, 3.05) is 0 Å². The van der Waals surface area contributed by atoms with Crippen LogP contribution < -0.4 is 0 Å². The second-order valence-electron chi connectivity index (χ2n) is 11.6. The fourth-order valence-corrected chi connectivity index (χ4v) is 9.21. The number of aryl methyl sites for hydroxylation is 4. The zero-order valence-electron chi connectivity index (χ0n) is 23.2. The summed E-state index contributed by atoms with van der Waals surface area (Å²) in [6.45, 7) is 0. The second-order valence-corrected chi connectivity index (χ2v) is 13.9. The highest BCUT2D eigenvalue weighted by Crippen LogP contribution is 2.56. The minimum atomic E-state index is 1.08. The molecule has 2 aromatic heterocycles. The number of hydrogen-bond acceptors (Lipinski definition) is 2. The highest BCUT2D eigenvalue weighted by Gasteiger charge is 2.28. The molecule has 0 saturated carbocycles. The molecule has 0 aliphatic heterocycles. The van der Waals surface area contributed by atoms with Gasteiger partial charge in [0.25, 0.3) is 0 Å². The first-order valence-corrected chi connectivity index (χ1v) is 16.5. The van der Waals surface area contributed by atoms with Crippen molar-refractivity contribution in [2.45, 2.75) is 25.7 Å². The first-order valence-electron chi connectivity index (χ1n) is 14.8. The van der Waals surface area contributed by atoms with Crippen molar-refractivity contribution in [3.8, 4) is 22.3 Å². The van der Waals surface area contributed by atoms with Crippen LogP contribution in [0, 0.1) is 0 Å². The summed E-state index contributed by atoms with van der Waals surface area (Å²) in [6, 6.07) is 45.4. The van der Waals surface area contributed by atoms with E-state index in [1.807, 2.05) is 22.7 Å². The minimum absolute atomic E-state index is 1.08. The molecule has 0 fully saturated rings. The molecule has 0 saturated heterocycles. The summed E-state index contributed by atoms with van der Waals surface area (Å²) < 4.78 is 2.92. The van der Waals surface area contributed by atoms with Crippen molar-refractivity contribution >= 4 is 64.4 Å². The number of thiophene rings is 2. The average Bonchev–Trinajstić information content (AvgIpc) is 3.63. The van der Waals surface area contributed by atoms with Crippen LogP contribution in [0.25, 0.3) is 64.0 Å². The van der Waals surface area contributed by atoms with Crippen LogP contribution in [-0.2, 0) is 25.7 Å². The van der Waals surface area contributed by atoms with Crippen LogP contribution in [0.2, 0.25) is 0 Å². The Morgan fingerprint density at radius 3 is 1.26 bits per heavy atom. The average molecular weight is 573 g/mol. The van der Waals surface area contributed by atoms with E-state index in [1.165, 1.54) is 84.9 Å². The van der Waals surface area contributed by atoms with Crippen molar-refractivity contribution in [2.24, 2.45) is 0 Å². The third-order valence-electron chi connectivity index (χ3n) is 8.96. The highest BCUT2D eigenvalue weighted by atomic mass is 32.1. The van der Waals surface area contributed by atoms with E-state index in [1.54, 1.807) is 0 Å². The summed E-state index contributed by atoms with van der Waals surface area (Å²) in [4.78, 5) is 2.96. The number of benzene rings is 6.